The topological polar surface area (TPSA) is 125 Å². The number of nitrogens with one attached hydrogen (secondary N) is 2. The van der Waals surface area contributed by atoms with Gasteiger partial charge in [-0.2, -0.15) is 4.31 Å². The van der Waals surface area contributed by atoms with Crippen LogP contribution in [0.1, 0.15) is 46.0 Å². The first kappa shape index (κ1) is 26.1. The Labute approximate surface area is 211 Å². The molecule has 36 heavy (non-hydrogen) atoms. The maximum absolute atomic E-state index is 13.6. The highest BCUT2D eigenvalue weighted by Gasteiger charge is 2.47. The van der Waals surface area contributed by atoms with E-state index in [1.54, 1.807) is 43.6 Å². The van der Waals surface area contributed by atoms with Gasteiger partial charge in [-0.3, -0.25) is 15.3 Å². The molecule has 9 nitrogen and oxygen atoms in total. The first-order valence-electron chi connectivity index (χ1n) is 12.3. The summed E-state index contributed by atoms with van der Waals surface area (Å²) >= 11 is 0. The first-order chi connectivity index (χ1) is 17.2. The molecule has 2 aliphatic rings. The summed E-state index contributed by atoms with van der Waals surface area (Å²) in [6, 6.07) is 12.7. The normalized spacial score (nSPS) is 22.5. The zero-order valence-corrected chi connectivity index (χ0v) is 21.3. The molecule has 0 radical (unpaired) electrons. The molecule has 1 saturated carbocycles. The second-order valence-electron chi connectivity index (χ2n) is 9.71. The van der Waals surface area contributed by atoms with E-state index in [0.717, 1.165) is 36.8 Å². The second kappa shape index (κ2) is 11.0. The predicted molar refractivity (Wildman–Crippen MR) is 135 cm³/mol. The van der Waals surface area contributed by atoms with Crippen LogP contribution in [0.4, 0.5) is 10.5 Å². The van der Waals surface area contributed by atoms with Gasteiger partial charge in [0.05, 0.1) is 11.0 Å². The second-order valence-corrected chi connectivity index (χ2v) is 11.6. The minimum Gasteiger partial charge on any atom is -0.447 e. The summed E-state index contributed by atoms with van der Waals surface area (Å²) in [6.07, 6.45) is 3.75. The Kier molecular flexibility index (Phi) is 7.97. The number of hydrogen-bond acceptors (Lipinski definition) is 6. The number of ether oxygens (including phenoxy) is 1. The number of sulfonamides is 1. The molecule has 10 heteroatoms. The Bertz CT molecular complexity index is 1180. The Morgan fingerprint density at radius 3 is 2.19 bits per heavy atom. The zero-order chi connectivity index (χ0) is 25.9. The van der Waals surface area contributed by atoms with Crippen molar-refractivity contribution >= 4 is 27.7 Å². The van der Waals surface area contributed by atoms with E-state index in [4.69, 9.17) is 4.74 Å². The van der Waals surface area contributed by atoms with Gasteiger partial charge in [-0.1, -0.05) is 43.5 Å². The number of carbonyl (C=O) groups is 2. The van der Waals surface area contributed by atoms with E-state index in [-0.39, 0.29) is 23.5 Å². The molecule has 0 spiro atoms. The summed E-state index contributed by atoms with van der Waals surface area (Å²) in [4.78, 5) is 24.5. The molecule has 2 fully saturated rings. The third-order valence-electron chi connectivity index (χ3n) is 7.05. The lowest BCUT2D eigenvalue weighted by Gasteiger charge is -2.45. The van der Waals surface area contributed by atoms with Gasteiger partial charge < -0.3 is 4.74 Å². The largest absolute Gasteiger partial charge is 0.447 e. The summed E-state index contributed by atoms with van der Waals surface area (Å²) < 4.78 is 33.5. The number of hydrogen-bond donors (Lipinski definition) is 3. The minimum absolute atomic E-state index is 0.0985. The number of carbonyl (C=O) groups excluding carboxylic acids is 2. The van der Waals surface area contributed by atoms with Crippen LogP contribution in [0.3, 0.4) is 0 Å². The monoisotopic (exact) mass is 515 g/mol. The third-order valence-corrected chi connectivity index (χ3v) is 8.95. The molecular weight excluding hydrogens is 482 g/mol. The molecule has 3 unspecified atom stereocenters. The highest BCUT2D eigenvalue weighted by atomic mass is 32.2. The SMILES string of the molecule is CC(C)OC(=O)Nc1ccc(-c2ccc(S(=O)(=O)N3CCC4CCCCC4C3C(=O)NO)cc2)cc1. The quantitative estimate of drug-likeness (QED) is 0.387. The van der Waals surface area contributed by atoms with Crippen LogP contribution in [0, 0.1) is 11.8 Å². The molecule has 4 rings (SSSR count). The number of hydroxylamine groups is 1. The zero-order valence-electron chi connectivity index (χ0n) is 20.5. The van der Waals surface area contributed by atoms with Crippen molar-refractivity contribution in [1.29, 1.82) is 0 Å². The Balaban J connectivity index is 1.52. The van der Waals surface area contributed by atoms with Crippen LogP contribution < -0.4 is 10.8 Å². The average Bonchev–Trinajstić information content (AvgIpc) is 2.87. The van der Waals surface area contributed by atoms with Crippen LogP contribution in [-0.2, 0) is 19.6 Å². The molecule has 1 aliphatic heterocycles. The molecule has 1 aliphatic carbocycles. The van der Waals surface area contributed by atoms with Crippen molar-refractivity contribution in [2.45, 2.75) is 63.0 Å². The standard InChI is InChI=1S/C26H33N3O6S/c1-17(2)35-26(31)27-21-11-7-18(8-12-21)19-9-13-22(14-10-19)36(33,34)29-16-15-20-5-3-4-6-23(20)24(29)25(30)28-32/h7-14,17,20,23-24,32H,3-6,15-16H2,1-2H3,(H,27,31)(H,28,30). The van der Waals surface area contributed by atoms with E-state index in [0.29, 0.717) is 18.0 Å². The van der Waals surface area contributed by atoms with Crippen LogP contribution in [0.15, 0.2) is 53.4 Å². The van der Waals surface area contributed by atoms with Crippen LogP contribution in [0.2, 0.25) is 0 Å². The lowest BCUT2D eigenvalue weighted by molar-refractivity contribution is -0.138. The minimum atomic E-state index is -3.95. The molecule has 1 heterocycles. The maximum atomic E-state index is 13.6. The van der Waals surface area contributed by atoms with Crippen LogP contribution in [-0.4, -0.2) is 48.6 Å². The number of nitrogens with zero attached hydrogens (tertiary/aromatic N) is 1. The van der Waals surface area contributed by atoms with Crippen molar-refractivity contribution in [3.63, 3.8) is 0 Å². The number of piperidine rings is 1. The molecule has 194 valence electrons. The van der Waals surface area contributed by atoms with Crippen LogP contribution in [0.5, 0.6) is 0 Å². The van der Waals surface area contributed by atoms with Crippen molar-refractivity contribution in [3.05, 3.63) is 48.5 Å². The van der Waals surface area contributed by atoms with Crippen LogP contribution >= 0.6 is 0 Å². The Morgan fingerprint density at radius 1 is 0.972 bits per heavy atom. The van der Waals surface area contributed by atoms with Gasteiger partial charge in [-0.25, -0.2) is 18.7 Å². The van der Waals surface area contributed by atoms with Gasteiger partial charge in [-0.05, 0) is 73.9 Å². The highest BCUT2D eigenvalue weighted by Crippen LogP contribution is 2.42. The van der Waals surface area contributed by atoms with E-state index in [9.17, 15) is 23.2 Å². The van der Waals surface area contributed by atoms with Gasteiger partial charge in [0.2, 0.25) is 10.0 Å². The summed E-state index contributed by atoms with van der Waals surface area (Å²) in [5.41, 5.74) is 3.94. The third kappa shape index (κ3) is 5.55. The molecule has 3 N–H and O–H groups in total. The van der Waals surface area contributed by atoms with E-state index >= 15 is 0 Å². The fourth-order valence-electron chi connectivity index (χ4n) is 5.38. The summed E-state index contributed by atoms with van der Waals surface area (Å²) in [7, 11) is -3.95. The molecule has 3 atom stereocenters. The summed E-state index contributed by atoms with van der Waals surface area (Å²) in [6.45, 7) is 3.79. The Morgan fingerprint density at radius 2 is 1.58 bits per heavy atom. The fourth-order valence-corrected chi connectivity index (χ4v) is 7.03. The summed E-state index contributed by atoms with van der Waals surface area (Å²) in [5.74, 6) is -0.476. The molecule has 1 saturated heterocycles. The molecule has 0 bridgehead atoms. The van der Waals surface area contributed by atoms with Crippen molar-refractivity contribution < 1.29 is 28.0 Å². The van der Waals surface area contributed by atoms with Gasteiger partial charge in [0.1, 0.15) is 6.04 Å². The van der Waals surface area contributed by atoms with E-state index in [1.165, 1.54) is 16.4 Å². The molecular formula is C26H33N3O6S. The lowest BCUT2D eigenvalue weighted by atomic mass is 9.71. The van der Waals surface area contributed by atoms with Crippen molar-refractivity contribution in [2.24, 2.45) is 11.8 Å². The number of anilines is 1. The predicted octanol–water partition coefficient (Wildman–Crippen LogP) is 4.39. The van der Waals surface area contributed by atoms with Gasteiger partial charge >= 0.3 is 6.09 Å². The fraction of sp³-hybridized carbons (Fsp3) is 0.462. The summed E-state index contributed by atoms with van der Waals surface area (Å²) in [5, 5.41) is 12.0. The number of rotatable bonds is 6. The van der Waals surface area contributed by atoms with Crippen molar-refractivity contribution in [1.82, 2.24) is 9.79 Å². The molecule has 2 aromatic carbocycles. The maximum Gasteiger partial charge on any atom is 0.411 e. The molecule has 0 aromatic heterocycles. The van der Waals surface area contributed by atoms with Gasteiger partial charge in [-0.15, -0.1) is 0 Å². The van der Waals surface area contributed by atoms with E-state index in [1.807, 2.05) is 12.1 Å². The number of fused-ring (bicyclic) bond motifs is 1. The van der Waals surface area contributed by atoms with Crippen LogP contribution in [0.25, 0.3) is 11.1 Å². The highest BCUT2D eigenvalue weighted by molar-refractivity contribution is 7.89. The molecule has 2 amide bonds. The molecule has 2 aromatic rings. The smallest absolute Gasteiger partial charge is 0.411 e. The number of benzene rings is 2. The van der Waals surface area contributed by atoms with E-state index in [2.05, 4.69) is 5.32 Å². The van der Waals surface area contributed by atoms with Gasteiger partial charge in [0.25, 0.3) is 5.91 Å². The first-order valence-corrected chi connectivity index (χ1v) is 13.8. The average molecular weight is 516 g/mol. The van der Waals surface area contributed by atoms with E-state index < -0.39 is 28.1 Å². The number of amides is 2. The van der Waals surface area contributed by atoms with Gasteiger partial charge in [0.15, 0.2) is 0 Å². The van der Waals surface area contributed by atoms with Crippen molar-refractivity contribution in [3.8, 4) is 11.1 Å². The Hall–Kier alpha value is -2.95. The van der Waals surface area contributed by atoms with Crippen molar-refractivity contribution in [2.75, 3.05) is 11.9 Å². The lowest BCUT2D eigenvalue weighted by Crippen LogP contribution is -2.58. The van der Waals surface area contributed by atoms with Gasteiger partial charge in [0, 0.05) is 12.2 Å².